The first-order valence-electron chi connectivity index (χ1n) is 6.09. The van der Waals surface area contributed by atoms with Gasteiger partial charge in [0.15, 0.2) is 0 Å². The van der Waals surface area contributed by atoms with Crippen molar-refractivity contribution in [1.82, 2.24) is 4.90 Å². The minimum absolute atomic E-state index is 0.0593. The van der Waals surface area contributed by atoms with Crippen LogP contribution in [0.15, 0.2) is 18.2 Å². The number of esters is 1. The summed E-state index contributed by atoms with van der Waals surface area (Å²) < 4.78 is 4.55. The highest BCUT2D eigenvalue weighted by Gasteiger charge is 2.06. The summed E-state index contributed by atoms with van der Waals surface area (Å²) in [6, 6.07) is 4.01. The summed E-state index contributed by atoms with van der Waals surface area (Å²) in [7, 11) is 3.09. The smallest absolute Gasteiger partial charge is 0.305 e. The molecule has 4 nitrogen and oxygen atoms in total. The van der Waals surface area contributed by atoms with Gasteiger partial charge in [0, 0.05) is 35.8 Å². The third kappa shape index (κ3) is 5.70. The van der Waals surface area contributed by atoms with Crippen LogP contribution in [0, 0.1) is 6.92 Å². The molecular weight excluding hydrogens is 262 g/mol. The van der Waals surface area contributed by atoms with Gasteiger partial charge in [0.05, 0.1) is 7.11 Å². The van der Waals surface area contributed by atoms with E-state index in [-0.39, 0.29) is 11.9 Å². The van der Waals surface area contributed by atoms with Crippen LogP contribution in [0.25, 0.3) is 6.08 Å². The molecule has 1 amide bonds. The van der Waals surface area contributed by atoms with Gasteiger partial charge in [0.2, 0.25) is 5.91 Å². The maximum absolute atomic E-state index is 11.8. The molecule has 1 aromatic rings. The Morgan fingerprint density at radius 2 is 2.16 bits per heavy atom. The Morgan fingerprint density at radius 1 is 1.42 bits per heavy atom. The summed E-state index contributed by atoms with van der Waals surface area (Å²) in [4.78, 5) is 26.6. The summed E-state index contributed by atoms with van der Waals surface area (Å²) in [6.45, 7) is 2.57. The number of nitrogens with zero attached hydrogens (tertiary/aromatic N) is 1. The van der Waals surface area contributed by atoms with Crippen molar-refractivity contribution in [1.29, 1.82) is 0 Å². The lowest BCUT2D eigenvalue weighted by atomic mass is 10.3. The zero-order chi connectivity index (χ0) is 14.3. The summed E-state index contributed by atoms with van der Waals surface area (Å²) >= 11 is 1.65. The van der Waals surface area contributed by atoms with Crippen molar-refractivity contribution in [2.75, 3.05) is 20.7 Å². The molecule has 0 aliphatic carbocycles. The first-order valence-corrected chi connectivity index (χ1v) is 6.91. The van der Waals surface area contributed by atoms with Gasteiger partial charge < -0.3 is 9.64 Å². The number of carbonyl (C=O) groups is 2. The largest absolute Gasteiger partial charge is 0.469 e. The standard InChI is InChI=1S/C14H19NO3S/c1-11-6-7-12(19-11)8-9-13(16)15(2)10-4-5-14(17)18-3/h6-9H,4-5,10H2,1-3H3/b9-8+. The summed E-state index contributed by atoms with van der Waals surface area (Å²) in [5.41, 5.74) is 0. The van der Waals surface area contributed by atoms with Crippen molar-refractivity contribution < 1.29 is 14.3 Å². The highest BCUT2D eigenvalue weighted by Crippen LogP contribution is 2.16. The lowest BCUT2D eigenvalue weighted by Gasteiger charge is -2.14. The lowest BCUT2D eigenvalue weighted by molar-refractivity contribution is -0.141. The van der Waals surface area contributed by atoms with Gasteiger partial charge in [-0.15, -0.1) is 11.3 Å². The van der Waals surface area contributed by atoms with Crippen LogP contribution in [0.3, 0.4) is 0 Å². The van der Waals surface area contributed by atoms with Gasteiger partial charge in [0.1, 0.15) is 0 Å². The molecule has 0 saturated carbocycles. The van der Waals surface area contributed by atoms with E-state index in [9.17, 15) is 9.59 Å². The predicted molar refractivity (Wildman–Crippen MR) is 77.0 cm³/mol. The van der Waals surface area contributed by atoms with Crippen LogP contribution in [0.1, 0.15) is 22.6 Å². The van der Waals surface area contributed by atoms with Crippen molar-refractivity contribution in [2.45, 2.75) is 19.8 Å². The average Bonchev–Trinajstić information content (AvgIpc) is 2.81. The molecule has 0 unspecified atom stereocenters. The van der Waals surface area contributed by atoms with E-state index in [2.05, 4.69) is 4.74 Å². The highest BCUT2D eigenvalue weighted by atomic mass is 32.1. The van der Waals surface area contributed by atoms with Crippen LogP contribution in [0.4, 0.5) is 0 Å². The molecule has 0 bridgehead atoms. The summed E-state index contributed by atoms with van der Waals surface area (Å²) in [5, 5.41) is 0. The molecule has 1 rings (SSSR count). The minimum atomic E-state index is -0.245. The molecule has 0 aliphatic heterocycles. The van der Waals surface area contributed by atoms with Crippen LogP contribution in [-0.4, -0.2) is 37.5 Å². The van der Waals surface area contributed by atoms with Crippen molar-refractivity contribution in [3.63, 3.8) is 0 Å². The third-order valence-electron chi connectivity index (χ3n) is 2.63. The molecule has 0 aromatic carbocycles. The predicted octanol–water partition coefficient (Wildman–Crippen LogP) is 2.48. The third-order valence-corrected chi connectivity index (χ3v) is 3.60. The Balaban J connectivity index is 2.36. The van der Waals surface area contributed by atoms with E-state index in [0.29, 0.717) is 19.4 Å². The lowest BCUT2D eigenvalue weighted by Crippen LogP contribution is -2.26. The van der Waals surface area contributed by atoms with E-state index in [4.69, 9.17) is 0 Å². The Morgan fingerprint density at radius 3 is 2.74 bits per heavy atom. The maximum Gasteiger partial charge on any atom is 0.305 e. The number of amides is 1. The molecule has 5 heteroatoms. The number of rotatable bonds is 6. The minimum Gasteiger partial charge on any atom is -0.469 e. The van der Waals surface area contributed by atoms with E-state index in [1.165, 1.54) is 12.0 Å². The van der Waals surface area contributed by atoms with Crippen LogP contribution in [0.5, 0.6) is 0 Å². The molecule has 0 spiro atoms. The van der Waals surface area contributed by atoms with Gasteiger partial charge in [-0.05, 0) is 31.6 Å². The number of likely N-dealkylation sites (N-methyl/N-ethyl adjacent to an activating group) is 1. The second-order valence-corrected chi connectivity index (χ2v) is 5.54. The molecule has 19 heavy (non-hydrogen) atoms. The van der Waals surface area contributed by atoms with E-state index in [0.717, 1.165) is 4.88 Å². The summed E-state index contributed by atoms with van der Waals surface area (Å²) in [5.74, 6) is -0.304. The second-order valence-electron chi connectivity index (χ2n) is 4.22. The number of methoxy groups -OCH3 is 1. The van der Waals surface area contributed by atoms with E-state index >= 15 is 0 Å². The fourth-order valence-electron chi connectivity index (χ4n) is 1.50. The SMILES string of the molecule is COC(=O)CCCN(C)C(=O)/C=C/c1ccc(C)s1. The van der Waals surface area contributed by atoms with Gasteiger partial charge in [0.25, 0.3) is 0 Å². The molecule has 0 atom stereocenters. The number of carbonyl (C=O) groups excluding carboxylic acids is 2. The molecule has 0 fully saturated rings. The number of aryl methyl sites for hydroxylation is 1. The van der Waals surface area contributed by atoms with E-state index < -0.39 is 0 Å². The van der Waals surface area contributed by atoms with Crippen molar-refractivity contribution in [3.05, 3.63) is 28.0 Å². The van der Waals surface area contributed by atoms with Crippen LogP contribution in [-0.2, 0) is 14.3 Å². The van der Waals surface area contributed by atoms with Crippen molar-refractivity contribution >= 4 is 29.3 Å². The molecule has 0 radical (unpaired) electrons. The van der Waals surface area contributed by atoms with E-state index in [1.54, 1.807) is 29.4 Å². The van der Waals surface area contributed by atoms with Gasteiger partial charge in [-0.3, -0.25) is 9.59 Å². The second kappa shape index (κ2) is 7.74. The number of hydrogen-bond donors (Lipinski definition) is 0. The highest BCUT2D eigenvalue weighted by molar-refractivity contribution is 7.12. The summed E-state index contributed by atoms with van der Waals surface area (Å²) in [6.07, 6.45) is 4.32. The first kappa shape index (κ1) is 15.4. The van der Waals surface area contributed by atoms with Crippen LogP contribution < -0.4 is 0 Å². The van der Waals surface area contributed by atoms with Gasteiger partial charge in [-0.2, -0.15) is 0 Å². The molecule has 0 saturated heterocycles. The van der Waals surface area contributed by atoms with Crippen molar-refractivity contribution in [2.24, 2.45) is 0 Å². The number of ether oxygens (including phenoxy) is 1. The van der Waals surface area contributed by atoms with Gasteiger partial charge in [-0.25, -0.2) is 0 Å². The zero-order valence-electron chi connectivity index (χ0n) is 11.5. The Kier molecular flexibility index (Phi) is 6.29. The fourth-order valence-corrected chi connectivity index (χ4v) is 2.28. The zero-order valence-corrected chi connectivity index (χ0v) is 12.3. The molecule has 1 aromatic heterocycles. The average molecular weight is 281 g/mol. The van der Waals surface area contributed by atoms with Crippen molar-refractivity contribution in [3.8, 4) is 0 Å². The Bertz CT molecular complexity index is 465. The molecule has 0 aliphatic rings. The van der Waals surface area contributed by atoms with Crippen LogP contribution >= 0.6 is 11.3 Å². The molecular formula is C14H19NO3S. The Hall–Kier alpha value is -1.62. The molecule has 0 N–H and O–H groups in total. The quantitative estimate of drug-likeness (QED) is 0.594. The molecule has 1 heterocycles. The fraction of sp³-hybridized carbons (Fsp3) is 0.429. The van der Waals surface area contributed by atoms with E-state index in [1.807, 2.05) is 25.1 Å². The number of hydrogen-bond acceptors (Lipinski definition) is 4. The molecule has 104 valence electrons. The Labute approximate surface area is 117 Å². The maximum atomic E-state index is 11.8. The monoisotopic (exact) mass is 281 g/mol. The van der Waals surface area contributed by atoms with Crippen LogP contribution in [0.2, 0.25) is 0 Å². The topological polar surface area (TPSA) is 46.6 Å². The van der Waals surface area contributed by atoms with Gasteiger partial charge in [-0.1, -0.05) is 0 Å². The normalized spacial score (nSPS) is 10.7. The van der Waals surface area contributed by atoms with Gasteiger partial charge >= 0.3 is 5.97 Å². The first-order chi connectivity index (χ1) is 9.02. The number of thiophene rings is 1.